The van der Waals surface area contributed by atoms with E-state index in [-0.39, 0.29) is 24.3 Å². The first-order valence-electron chi connectivity index (χ1n) is 8.92. The molecule has 0 bridgehead atoms. The SMILES string of the molecule is CN1C(=O)COc2ccc(-c3csc(NC(=O)C4CCCCC4)n3)cc21. The van der Waals surface area contributed by atoms with Gasteiger partial charge in [0.25, 0.3) is 5.91 Å². The molecule has 0 atom stereocenters. The van der Waals surface area contributed by atoms with Crippen LogP contribution < -0.4 is 15.0 Å². The molecule has 2 aromatic rings. The van der Waals surface area contributed by atoms with Crippen LogP contribution in [0.25, 0.3) is 11.3 Å². The summed E-state index contributed by atoms with van der Waals surface area (Å²) < 4.78 is 5.46. The van der Waals surface area contributed by atoms with Crippen molar-refractivity contribution in [3.8, 4) is 17.0 Å². The quantitative estimate of drug-likeness (QED) is 0.893. The molecule has 2 amide bonds. The fraction of sp³-hybridized carbons (Fsp3) is 0.421. The highest BCUT2D eigenvalue weighted by atomic mass is 32.1. The first-order valence-corrected chi connectivity index (χ1v) is 9.80. The monoisotopic (exact) mass is 371 g/mol. The number of hydrogen-bond donors (Lipinski definition) is 1. The maximum atomic E-state index is 12.4. The Morgan fingerprint density at radius 1 is 1.31 bits per heavy atom. The molecular formula is C19H21N3O3S. The van der Waals surface area contributed by atoms with Crippen molar-refractivity contribution in [2.24, 2.45) is 5.92 Å². The molecule has 2 aliphatic rings. The van der Waals surface area contributed by atoms with E-state index in [1.54, 1.807) is 11.9 Å². The van der Waals surface area contributed by atoms with Gasteiger partial charge in [0, 0.05) is 23.9 Å². The lowest BCUT2D eigenvalue weighted by Gasteiger charge is -2.26. The number of benzene rings is 1. The fourth-order valence-corrected chi connectivity index (χ4v) is 4.19. The zero-order valence-electron chi connectivity index (χ0n) is 14.7. The molecule has 26 heavy (non-hydrogen) atoms. The first kappa shape index (κ1) is 17.0. The van der Waals surface area contributed by atoms with Crippen molar-refractivity contribution >= 4 is 34.0 Å². The highest BCUT2D eigenvalue weighted by molar-refractivity contribution is 7.14. The third-order valence-electron chi connectivity index (χ3n) is 5.05. The smallest absolute Gasteiger partial charge is 0.264 e. The van der Waals surface area contributed by atoms with E-state index in [1.165, 1.54) is 17.8 Å². The molecule has 1 fully saturated rings. The zero-order valence-corrected chi connectivity index (χ0v) is 15.5. The standard InChI is InChI=1S/C19H21N3O3S/c1-22-15-9-13(7-8-16(15)25-10-17(22)23)14-11-26-19(20-14)21-18(24)12-5-3-2-4-6-12/h7-9,11-12H,2-6,10H2,1H3,(H,20,21,24). The van der Waals surface area contributed by atoms with Gasteiger partial charge in [-0.15, -0.1) is 11.3 Å². The van der Waals surface area contributed by atoms with E-state index in [2.05, 4.69) is 10.3 Å². The van der Waals surface area contributed by atoms with E-state index in [1.807, 2.05) is 23.6 Å². The van der Waals surface area contributed by atoms with Crippen LogP contribution in [0.2, 0.25) is 0 Å². The number of amides is 2. The highest BCUT2D eigenvalue weighted by Gasteiger charge is 2.24. The summed E-state index contributed by atoms with van der Waals surface area (Å²) in [7, 11) is 1.74. The predicted molar refractivity (Wildman–Crippen MR) is 102 cm³/mol. The highest BCUT2D eigenvalue weighted by Crippen LogP contribution is 2.36. The molecule has 0 spiro atoms. The maximum absolute atomic E-state index is 12.4. The molecule has 0 unspecified atom stereocenters. The Morgan fingerprint density at radius 3 is 2.92 bits per heavy atom. The van der Waals surface area contributed by atoms with E-state index in [0.29, 0.717) is 10.9 Å². The van der Waals surface area contributed by atoms with Crippen LogP contribution in [0.1, 0.15) is 32.1 Å². The second kappa shape index (κ2) is 7.07. The molecule has 1 aromatic heterocycles. The molecule has 0 radical (unpaired) electrons. The van der Waals surface area contributed by atoms with Gasteiger partial charge in [0.2, 0.25) is 5.91 Å². The van der Waals surface area contributed by atoms with Gasteiger partial charge in [-0.05, 0) is 31.0 Å². The summed E-state index contributed by atoms with van der Waals surface area (Å²) in [5.41, 5.74) is 2.41. The number of ether oxygens (including phenoxy) is 1. The maximum Gasteiger partial charge on any atom is 0.264 e. The van der Waals surface area contributed by atoms with Crippen LogP contribution in [0.5, 0.6) is 5.75 Å². The molecule has 136 valence electrons. The molecule has 1 aliphatic heterocycles. The minimum Gasteiger partial charge on any atom is -0.482 e. The van der Waals surface area contributed by atoms with Crippen LogP contribution in [0.3, 0.4) is 0 Å². The molecule has 1 aliphatic carbocycles. The number of rotatable bonds is 3. The van der Waals surface area contributed by atoms with Crippen molar-refractivity contribution in [2.45, 2.75) is 32.1 Å². The summed E-state index contributed by atoms with van der Waals surface area (Å²) in [5.74, 6) is 0.802. The number of likely N-dealkylation sites (N-methyl/N-ethyl adjacent to an activating group) is 1. The largest absolute Gasteiger partial charge is 0.482 e. The molecule has 7 heteroatoms. The molecular weight excluding hydrogens is 350 g/mol. The predicted octanol–water partition coefficient (Wildman–Crippen LogP) is 3.68. The van der Waals surface area contributed by atoms with E-state index in [4.69, 9.17) is 4.74 Å². The fourth-order valence-electron chi connectivity index (χ4n) is 3.47. The van der Waals surface area contributed by atoms with Gasteiger partial charge in [-0.25, -0.2) is 4.98 Å². The summed E-state index contributed by atoms with van der Waals surface area (Å²) in [5, 5.41) is 5.50. The van der Waals surface area contributed by atoms with Gasteiger partial charge in [0.05, 0.1) is 11.4 Å². The van der Waals surface area contributed by atoms with Gasteiger partial charge in [0.1, 0.15) is 5.75 Å². The number of anilines is 2. The first-order chi connectivity index (χ1) is 12.6. The van der Waals surface area contributed by atoms with Crippen molar-refractivity contribution < 1.29 is 14.3 Å². The van der Waals surface area contributed by atoms with Crippen LogP contribution >= 0.6 is 11.3 Å². The summed E-state index contributed by atoms with van der Waals surface area (Å²) in [6, 6.07) is 5.67. The second-order valence-electron chi connectivity index (χ2n) is 6.79. The second-order valence-corrected chi connectivity index (χ2v) is 7.64. The average molecular weight is 371 g/mol. The molecule has 1 aromatic carbocycles. The van der Waals surface area contributed by atoms with Crippen LogP contribution in [0.4, 0.5) is 10.8 Å². The lowest BCUT2D eigenvalue weighted by molar-refractivity contribution is -0.121. The van der Waals surface area contributed by atoms with Crippen molar-refractivity contribution in [2.75, 3.05) is 23.9 Å². The number of thiazole rings is 1. The molecule has 1 saturated carbocycles. The summed E-state index contributed by atoms with van der Waals surface area (Å²) in [6.45, 7) is 0.0664. The third kappa shape index (κ3) is 3.31. The summed E-state index contributed by atoms with van der Waals surface area (Å²) in [4.78, 5) is 30.3. The Hall–Kier alpha value is -2.41. The van der Waals surface area contributed by atoms with E-state index < -0.39 is 0 Å². The van der Waals surface area contributed by atoms with E-state index in [9.17, 15) is 9.59 Å². The minimum atomic E-state index is -0.0756. The summed E-state index contributed by atoms with van der Waals surface area (Å²) >= 11 is 1.42. The topological polar surface area (TPSA) is 71.5 Å². The number of fused-ring (bicyclic) bond motifs is 1. The average Bonchev–Trinajstić information content (AvgIpc) is 3.14. The lowest BCUT2D eigenvalue weighted by atomic mass is 9.89. The van der Waals surface area contributed by atoms with Gasteiger partial charge in [-0.2, -0.15) is 0 Å². The van der Waals surface area contributed by atoms with Crippen molar-refractivity contribution in [1.82, 2.24) is 4.98 Å². The molecule has 1 N–H and O–H groups in total. The van der Waals surface area contributed by atoms with Gasteiger partial charge < -0.3 is 15.0 Å². The van der Waals surface area contributed by atoms with Crippen LogP contribution in [-0.4, -0.2) is 30.5 Å². The Kier molecular flexibility index (Phi) is 4.63. The number of aromatic nitrogens is 1. The van der Waals surface area contributed by atoms with Crippen LogP contribution in [0.15, 0.2) is 23.6 Å². The zero-order chi connectivity index (χ0) is 18.1. The van der Waals surface area contributed by atoms with Gasteiger partial charge in [-0.3, -0.25) is 9.59 Å². The van der Waals surface area contributed by atoms with Crippen molar-refractivity contribution in [3.05, 3.63) is 23.6 Å². The van der Waals surface area contributed by atoms with Crippen LogP contribution in [-0.2, 0) is 9.59 Å². The number of carbonyl (C=O) groups excluding carboxylic acids is 2. The number of carbonyl (C=O) groups is 2. The molecule has 4 rings (SSSR count). The van der Waals surface area contributed by atoms with Gasteiger partial charge in [-0.1, -0.05) is 19.3 Å². The normalized spacial score (nSPS) is 17.6. The van der Waals surface area contributed by atoms with E-state index in [0.717, 1.165) is 42.6 Å². The third-order valence-corrected chi connectivity index (χ3v) is 5.81. The number of hydrogen-bond acceptors (Lipinski definition) is 5. The number of nitrogens with one attached hydrogen (secondary N) is 1. The molecule has 6 nitrogen and oxygen atoms in total. The minimum absolute atomic E-state index is 0.0664. The van der Waals surface area contributed by atoms with Gasteiger partial charge >= 0.3 is 0 Å². The number of nitrogens with zero attached hydrogens (tertiary/aromatic N) is 2. The Bertz CT molecular complexity index is 842. The van der Waals surface area contributed by atoms with Crippen molar-refractivity contribution in [3.63, 3.8) is 0 Å². The molecule has 2 heterocycles. The van der Waals surface area contributed by atoms with Crippen LogP contribution in [0, 0.1) is 5.92 Å². The van der Waals surface area contributed by atoms with Gasteiger partial charge in [0.15, 0.2) is 11.7 Å². The van der Waals surface area contributed by atoms with E-state index >= 15 is 0 Å². The van der Waals surface area contributed by atoms with Crippen molar-refractivity contribution in [1.29, 1.82) is 0 Å². The molecule has 0 saturated heterocycles. The summed E-state index contributed by atoms with van der Waals surface area (Å²) in [6.07, 6.45) is 5.42. The Balaban J connectivity index is 1.51. The Labute approximate surface area is 156 Å². The lowest BCUT2D eigenvalue weighted by Crippen LogP contribution is -2.35. The Morgan fingerprint density at radius 2 is 2.12 bits per heavy atom.